The first kappa shape index (κ1) is 20.7. The van der Waals surface area contributed by atoms with Crippen molar-refractivity contribution in [2.75, 3.05) is 5.32 Å². The van der Waals surface area contributed by atoms with E-state index in [2.05, 4.69) is 10.6 Å². The first-order valence-corrected chi connectivity index (χ1v) is 7.38. The Bertz CT molecular complexity index is 619. The van der Waals surface area contributed by atoms with E-state index in [9.17, 15) is 22.4 Å². The van der Waals surface area contributed by atoms with Crippen LogP contribution in [0.3, 0.4) is 0 Å². The Morgan fingerprint density at radius 2 is 1.88 bits per heavy atom. The molecule has 0 saturated heterocycles. The Morgan fingerprint density at radius 3 is 2.36 bits per heavy atom. The largest absolute Gasteiger partial charge is 0.481 e. The van der Waals surface area contributed by atoms with Gasteiger partial charge in [0.25, 0.3) is 5.97 Å². The molecule has 0 heterocycles. The quantitative estimate of drug-likeness (QED) is 0.605. The summed E-state index contributed by atoms with van der Waals surface area (Å²) >= 11 is 0. The topological polar surface area (TPSA) is 104 Å². The van der Waals surface area contributed by atoms with Gasteiger partial charge in [0, 0.05) is 24.7 Å². The summed E-state index contributed by atoms with van der Waals surface area (Å²) in [6.07, 6.45) is -2.66. The van der Waals surface area contributed by atoms with Crippen LogP contribution in [0.5, 0.6) is 0 Å². The summed E-state index contributed by atoms with van der Waals surface area (Å²) in [5, 5.41) is 12.3. The molecule has 0 bridgehead atoms. The van der Waals surface area contributed by atoms with E-state index in [-0.39, 0.29) is 17.8 Å². The van der Waals surface area contributed by atoms with Crippen LogP contribution in [0.4, 0.5) is 28.0 Å². The molecule has 5 N–H and O–H groups in total. The van der Waals surface area contributed by atoms with E-state index in [1.807, 2.05) is 0 Å². The van der Waals surface area contributed by atoms with Crippen molar-refractivity contribution in [2.45, 2.75) is 44.4 Å². The fraction of sp³-hybridized carbons (Fsp3) is 0.467. The summed E-state index contributed by atoms with van der Waals surface area (Å²) in [7, 11) is 0. The molecule has 2 atom stereocenters. The van der Waals surface area contributed by atoms with Gasteiger partial charge in [0.1, 0.15) is 5.82 Å². The summed E-state index contributed by atoms with van der Waals surface area (Å²) in [5.74, 6) is -2.21. The van der Waals surface area contributed by atoms with E-state index in [0.717, 1.165) is 25.8 Å². The van der Waals surface area contributed by atoms with Gasteiger partial charge in [-0.3, -0.25) is 4.79 Å². The van der Waals surface area contributed by atoms with Crippen LogP contribution in [0.15, 0.2) is 18.2 Å². The monoisotopic (exact) mass is 365 g/mol. The second kappa shape index (κ2) is 8.65. The molecular weight excluding hydrogens is 346 g/mol. The van der Waals surface area contributed by atoms with Crippen molar-refractivity contribution in [3.63, 3.8) is 0 Å². The van der Waals surface area contributed by atoms with Gasteiger partial charge >= 0.3 is 12.2 Å². The third-order valence-corrected chi connectivity index (χ3v) is 3.34. The number of carbonyl (C=O) groups is 2. The SMILES string of the molecule is CC(=O)O.N[C@@H]1CC[C@H](NC(=O)Nc2ccc(F)c(C(F)(F)F)c2)C1. The van der Waals surface area contributed by atoms with Gasteiger partial charge in [-0.25, -0.2) is 9.18 Å². The number of urea groups is 1. The van der Waals surface area contributed by atoms with Gasteiger partial charge in [0.2, 0.25) is 0 Å². The van der Waals surface area contributed by atoms with Crippen LogP contribution in [0, 0.1) is 5.82 Å². The van der Waals surface area contributed by atoms with Gasteiger partial charge in [-0.15, -0.1) is 0 Å². The molecule has 140 valence electrons. The minimum atomic E-state index is -4.81. The molecule has 1 aromatic rings. The van der Waals surface area contributed by atoms with Crippen molar-refractivity contribution < 1.29 is 32.3 Å². The number of anilines is 1. The van der Waals surface area contributed by atoms with Crippen LogP contribution in [-0.2, 0) is 11.0 Å². The third-order valence-electron chi connectivity index (χ3n) is 3.34. The molecule has 0 radical (unpaired) electrons. The van der Waals surface area contributed by atoms with E-state index >= 15 is 0 Å². The van der Waals surface area contributed by atoms with Crippen LogP contribution in [0.2, 0.25) is 0 Å². The van der Waals surface area contributed by atoms with E-state index in [0.29, 0.717) is 18.6 Å². The zero-order valence-electron chi connectivity index (χ0n) is 13.4. The van der Waals surface area contributed by atoms with Gasteiger partial charge in [0.15, 0.2) is 0 Å². The van der Waals surface area contributed by atoms with Gasteiger partial charge in [-0.1, -0.05) is 0 Å². The van der Waals surface area contributed by atoms with E-state index in [1.54, 1.807) is 0 Å². The normalized spacial score (nSPS) is 19.6. The lowest BCUT2D eigenvalue weighted by Crippen LogP contribution is -2.37. The van der Waals surface area contributed by atoms with Gasteiger partial charge in [0.05, 0.1) is 5.56 Å². The maximum Gasteiger partial charge on any atom is 0.419 e. The third kappa shape index (κ3) is 7.38. The fourth-order valence-corrected chi connectivity index (χ4v) is 2.32. The Balaban J connectivity index is 0.000000705. The number of nitrogens with two attached hydrogens (primary N) is 1. The molecule has 1 aliphatic carbocycles. The van der Waals surface area contributed by atoms with E-state index in [1.165, 1.54) is 0 Å². The highest BCUT2D eigenvalue weighted by atomic mass is 19.4. The standard InChI is InChI=1S/C13H15F4N3O.C2H4O2/c14-11-4-3-9(6-10(11)13(15,16)17)20-12(21)19-8-2-1-7(18)5-8;1-2(3)4/h3-4,6-8H,1-2,5,18H2,(H2,19,20,21);1H3,(H,3,4)/t7-,8+;/m1./s1. The number of alkyl halides is 3. The highest BCUT2D eigenvalue weighted by Crippen LogP contribution is 2.33. The highest BCUT2D eigenvalue weighted by molar-refractivity contribution is 5.89. The molecule has 1 aromatic carbocycles. The molecule has 1 fully saturated rings. The molecule has 2 rings (SSSR count). The Labute approximate surface area is 141 Å². The predicted molar refractivity (Wildman–Crippen MR) is 82.5 cm³/mol. The second-order valence-electron chi connectivity index (χ2n) is 5.58. The lowest BCUT2D eigenvalue weighted by atomic mass is 10.2. The van der Waals surface area contributed by atoms with Crippen molar-refractivity contribution in [1.29, 1.82) is 0 Å². The highest BCUT2D eigenvalue weighted by Gasteiger charge is 2.34. The lowest BCUT2D eigenvalue weighted by Gasteiger charge is -2.14. The molecule has 0 spiro atoms. The number of nitrogens with one attached hydrogen (secondary N) is 2. The Kier molecular flexibility index (Phi) is 7.16. The van der Waals surface area contributed by atoms with E-state index < -0.39 is 29.6 Å². The second-order valence-corrected chi connectivity index (χ2v) is 5.58. The zero-order valence-corrected chi connectivity index (χ0v) is 13.4. The van der Waals surface area contributed by atoms with Crippen LogP contribution in [-0.4, -0.2) is 29.2 Å². The summed E-state index contributed by atoms with van der Waals surface area (Å²) in [4.78, 5) is 20.7. The molecule has 6 nitrogen and oxygen atoms in total. The van der Waals surface area contributed by atoms with E-state index in [4.69, 9.17) is 15.6 Å². The molecule has 10 heteroatoms. The molecule has 0 aliphatic heterocycles. The number of benzene rings is 1. The number of carboxylic acid groups (broad SMARTS) is 1. The van der Waals surface area contributed by atoms with Crippen molar-refractivity contribution in [2.24, 2.45) is 5.73 Å². The lowest BCUT2D eigenvalue weighted by molar-refractivity contribution is -0.140. The minimum absolute atomic E-state index is 0.0259. The van der Waals surface area contributed by atoms with Crippen molar-refractivity contribution in [3.05, 3.63) is 29.6 Å². The summed E-state index contributed by atoms with van der Waals surface area (Å²) < 4.78 is 50.8. The predicted octanol–water partition coefficient (Wildman–Crippen LogP) is 2.94. The maximum atomic E-state index is 13.1. The molecule has 1 aliphatic rings. The van der Waals surface area contributed by atoms with Crippen LogP contribution >= 0.6 is 0 Å². The number of carbonyl (C=O) groups excluding carboxylic acids is 1. The Hall–Kier alpha value is -2.36. The number of rotatable bonds is 2. The molecule has 25 heavy (non-hydrogen) atoms. The van der Waals surface area contributed by atoms with Gasteiger partial charge in [-0.05, 0) is 37.5 Å². The first-order valence-electron chi connectivity index (χ1n) is 7.38. The molecule has 0 aromatic heterocycles. The number of hydrogen-bond donors (Lipinski definition) is 4. The first-order chi connectivity index (χ1) is 11.5. The number of hydrogen-bond acceptors (Lipinski definition) is 3. The average molecular weight is 365 g/mol. The molecule has 1 saturated carbocycles. The summed E-state index contributed by atoms with van der Waals surface area (Å²) in [6.45, 7) is 1.08. The smallest absolute Gasteiger partial charge is 0.419 e. The summed E-state index contributed by atoms with van der Waals surface area (Å²) in [6, 6.07) is 1.61. The summed E-state index contributed by atoms with van der Waals surface area (Å²) in [5.41, 5.74) is 4.16. The molecule has 2 amide bonds. The number of aliphatic carboxylic acids is 1. The minimum Gasteiger partial charge on any atom is -0.481 e. The van der Waals surface area contributed by atoms with Crippen molar-refractivity contribution in [1.82, 2.24) is 5.32 Å². The molecular formula is C15H19F4N3O3. The number of carboxylic acids is 1. The number of halogens is 4. The van der Waals surface area contributed by atoms with Crippen molar-refractivity contribution in [3.8, 4) is 0 Å². The maximum absolute atomic E-state index is 13.1. The van der Waals surface area contributed by atoms with Gasteiger partial charge in [-0.2, -0.15) is 13.2 Å². The number of amides is 2. The zero-order chi connectivity index (χ0) is 19.2. The van der Waals surface area contributed by atoms with Crippen LogP contribution < -0.4 is 16.4 Å². The van der Waals surface area contributed by atoms with Crippen LogP contribution in [0.25, 0.3) is 0 Å². The van der Waals surface area contributed by atoms with Crippen molar-refractivity contribution >= 4 is 17.7 Å². The molecule has 0 unspecified atom stereocenters. The van der Waals surface area contributed by atoms with Gasteiger partial charge < -0.3 is 21.5 Å². The Morgan fingerprint density at radius 1 is 1.28 bits per heavy atom. The fourth-order valence-electron chi connectivity index (χ4n) is 2.32. The average Bonchev–Trinajstić information content (AvgIpc) is 2.84. The van der Waals surface area contributed by atoms with Crippen LogP contribution in [0.1, 0.15) is 31.7 Å².